The number of carbonyl (C=O) groups excluding carboxylic acids is 2. The highest BCUT2D eigenvalue weighted by Crippen LogP contribution is 2.44. The number of anilines is 1. The highest BCUT2D eigenvalue weighted by atomic mass is 32.2. The van der Waals surface area contributed by atoms with Crippen LogP contribution in [0.5, 0.6) is 0 Å². The highest BCUT2D eigenvalue weighted by molar-refractivity contribution is 7.99. The van der Waals surface area contributed by atoms with Crippen LogP contribution in [0.1, 0.15) is 32.6 Å². The molecular weight excluding hydrogens is 364 g/mol. The summed E-state index contributed by atoms with van der Waals surface area (Å²) >= 11 is 1.24. The van der Waals surface area contributed by atoms with E-state index in [0.29, 0.717) is 34.3 Å². The number of nitrogens with one attached hydrogen (secondary N) is 2. The van der Waals surface area contributed by atoms with Crippen LogP contribution in [-0.2, 0) is 9.59 Å². The molecule has 2 saturated carbocycles. The minimum absolute atomic E-state index is 0.0185. The van der Waals surface area contributed by atoms with Gasteiger partial charge in [0.1, 0.15) is 0 Å². The minimum atomic E-state index is -0.143. The molecule has 8 heteroatoms. The Bertz CT molecular complexity index is 853. The SMILES string of the molecule is CC(=O)Nc1cccc(-c2nnc(SCC(=O)N[C@H]3C[C@H]4CC[C@@H]3C4)o2)c1. The summed E-state index contributed by atoms with van der Waals surface area (Å²) in [6.07, 6.45) is 4.95. The lowest BCUT2D eigenvalue weighted by molar-refractivity contribution is -0.119. The molecule has 2 aromatic rings. The number of rotatable bonds is 6. The van der Waals surface area contributed by atoms with Crippen molar-refractivity contribution in [2.45, 2.75) is 43.9 Å². The van der Waals surface area contributed by atoms with Crippen LogP contribution < -0.4 is 10.6 Å². The molecule has 2 aliphatic carbocycles. The van der Waals surface area contributed by atoms with E-state index in [1.165, 1.54) is 37.9 Å². The fraction of sp³-hybridized carbons (Fsp3) is 0.474. The molecule has 2 N–H and O–H groups in total. The van der Waals surface area contributed by atoms with Crippen LogP contribution in [0.4, 0.5) is 5.69 Å². The van der Waals surface area contributed by atoms with Crippen LogP contribution in [0.2, 0.25) is 0 Å². The number of amides is 2. The van der Waals surface area contributed by atoms with Crippen LogP contribution >= 0.6 is 11.8 Å². The van der Waals surface area contributed by atoms with Crippen molar-refractivity contribution in [3.8, 4) is 11.5 Å². The Balaban J connectivity index is 1.31. The van der Waals surface area contributed by atoms with E-state index in [1.54, 1.807) is 18.2 Å². The van der Waals surface area contributed by atoms with E-state index >= 15 is 0 Å². The van der Waals surface area contributed by atoms with Crippen molar-refractivity contribution < 1.29 is 14.0 Å². The van der Waals surface area contributed by atoms with Crippen LogP contribution in [-0.4, -0.2) is 33.8 Å². The van der Waals surface area contributed by atoms with Gasteiger partial charge in [-0.1, -0.05) is 24.2 Å². The smallest absolute Gasteiger partial charge is 0.277 e. The summed E-state index contributed by atoms with van der Waals surface area (Å²) in [4.78, 5) is 23.4. The Kier molecular flexibility index (Phi) is 5.15. The van der Waals surface area contributed by atoms with Crippen molar-refractivity contribution in [3.05, 3.63) is 24.3 Å². The van der Waals surface area contributed by atoms with Gasteiger partial charge in [0.25, 0.3) is 5.22 Å². The lowest BCUT2D eigenvalue weighted by Gasteiger charge is -2.22. The second kappa shape index (κ2) is 7.72. The van der Waals surface area contributed by atoms with Gasteiger partial charge in [-0.2, -0.15) is 0 Å². The van der Waals surface area contributed by atoms with Gasteiger partial charge < -0.3 is 15.1 Å². The third-order valence-electron chi connectivity index (χ3n) is 5.25. The molecule has 2 aliphatic rings. The number of hydrogen-bond donors (Lipinski definition) is 2. The maximum Gasteiger partial charge on any atom is 0.277 e. The zero-order valence-electron chi connectivity index (χ0n) is 15.1. The molecule has 0 unspecified atom stereocenters. The first kappa shape index (κ1) is 18.0. The normalized spacial score (nSPS) is 23.4. The number of thioether (sulfide) groups is 1. The van der Waals surface area contributed by atoms with Crippen molar-refractivity contribution >= 4 is 29.3 Å². The van der Waals surface area contributed by atoms with E-state index < -0.39 is 0 Å². The van der Waals surface area contributed by atoms with Crippen LogP contribution in [0.25, 0.3) is 11.5 Å². The monoisotopic (exact) mass is 386 g/mol. The number of benzene rings is 1. The van der Waals surface area contributed by atoms with Gasteiger partial charge in [0.05, 0.1) is 5.75 Å². The molecule has 0 saturated heterocycles. The van der Waals surface area contributed by atoms with Gasteiger partial charge in [-0.3, -0.25) is 9.59 Å². The molecule has 2 amide bonds. The first-order valence-corrected chi connectivity index (χ1v) is 10.2. The number of nitrogens with zero attached hydrogens (tertiary/aromatic N) is 2. The summed E-state index contributed by atoms with van der Waals surface area (Å²) in [6.45, 7) is 1.45. The number of hydrogen-bond acceptors (Lipinski definition) is 6. The van der Waals surface area contributed by atoms with E-state index in [9.17, 15) is 9.59 Å². The van der Waals surface area contributed by atoms with Crippen molar-refractivity contribution in [2.75, 3.05) is 11.1 Å². The Hall–Kier alpha value is -2.35. The Morgan fingerprint density at radius 2 is 2.15 bits per heavy atom. The van der Waals surface area contributed by atoms with Gasteiger partial charge in [-0.05, 0) is 49.3 Å². The van der Waals surface area contributed by atoms with Gasteiger partial charge in [-0.25, -0.2) is 0 Å². The molecule has 142 valence electrons. The summed E-state index contributed by atoms with van der Waals surface area (Å²) in [5.74, 6) is 1.97. The lowest BCUT2D eigenvalue weighted by Crippen LogP contribution is -2.39. The van der Waals surface area contributed by atoms with Gasteiger partial charge in [-0.15, -0.1) is 10.2 Å². The molecule has 1 aromatic heterocycles. The molecular formula is C19H22N4O3S. The maximum absolute atomic E-state index is 12.2. The topological polar surface area (TPSA) is 97.1 Å². The van der Waals surface area contributed by atoms with Gasteiger partial charge in [0.2, 0.25) is 17.7 Å². The largest absolute Gasteiger partial charge is 0.411 e. The molecule has 0 spiro atoms. The third kappa shape index (κ3) is 4.32. The van der Waals surface area contributed by atoms with Crippen LogP contribution in [0.3, 0.4) is 0 Å². The summed E-state index contributed by atoms with van der Waals surface area (Å²) in [5, 5.41) is 14.3. The standard InChI is InChI=1S/C19H22N4O3S/c1-11(24)20-15-4-2-3-14(9-15)18-22-23-19(26-18)27-10-17(25)21-16-8-12-5-6-13(16)7-12/h2-4,9,12-13,16H,5-8,10H2,1H3,(H,20,24)(H,21,25)/t12-,13+,16-/m0/s1. The molecule has 7 nitrogen and oxygen atoms in total. The van der Waals surface area contributed by atoms with E-state index in [2.05, 4.69) is 20.8 Å². The van der Waals surface area contributed by atoms with E-state index in [0.717, 1.165) is 12.3 Å². The predicted molar refractivity (Wildman–Crippen MR) is 102 cm³/mol. The van der Waals surface area contributed by atoms with Crippen molar-refractivity contribution in [1.82, 2.24) is 15.5 Å². The Morgan fingerprint density at radius 3 is 2.89 bits per heavy atom. The van der Waals surface area contributed by atoms with Crippen molar-refractivity contribution in [1.29, 1.82) is 0 Å². The molecule has 27 heavy (non-hydrogen) atoms. The zero-order chi connectivity index (χ0) is 18.8. The predicted octanol–water partition coefficient (Wildman–Crippen LogP) is 3.09. The quantitative estimate of drug-likeness (QED) is 0.741. The van der Waals surface area contributed by atoms with Gasteiger partial charge in [0, 0.05) is 24.2 Å². The molecule has 4 rings (SSSR count). The number of aromatic nitrogens is 2. The zero-order valence-corrected chi connectivity index (χ0v) is 15.9. The molecule has 2 fully saturated rings. The maximum atomic E-state index is 12.2. The van der Waals surface area contributed by atoms with Crippen molar-refractivity contribution in [2.24, 2.45) is 11.8 Å². The van der Waals surface area contributed by atoms with Gasteiger partial charge in [0.15, 0.2) is 0 Å². The fourth-order valence-corrected chi connectivity index (χ4v) is 4.69. The molecule has 0 radical (unpaired) electrons. The van der Waals surface area contributed by atoms with Gasteiger partial charge >= 0.3 is 0 Å². The van der Waals surface area contributed by atoms with E-state index in [-0.39, 0.29) is 17.6 Å². The fourth-order valence-electron chi connectivity index (χ4n) is 4.12. The van der Waals surface area contributed by atoms with Crippen molar-refractivity contribution in [3.63, 3.8) is 0 Å². The summed E-state index contributed by atoms with van der Waals surface area (Å²) in [7, 11) is 0. The van der Waals surface area contributed by atoms with E-state index in [1.807, 2.05) is 6.07 Å². The number of carbonyl (C=O) groups is 2. The van der Waals surface area contributed by atoms with Crippen LogP contribution in [0, 0.1) is 11.8 Å². The number of fused-ring (bicyclic) bond motifs is 2. The summed E-state index contributed by atoms with van der Waals surface area (Å²) in [6, 6.07) is 7.53. The minimum Gasteiger partial charge on any atom is -0.411 e. The molecule has 0 aliphatic heterocycles. The first-order valence-electron chi connectivity index (χ1n) is 9.20. The highest BCUT2D eigenvalue weighted by Gasteiger charge is 2.40. The van der Waals surface area contributed by atoms with E-state index in [4.69, 9.17) is 4.42 Å². The molecule has 2 bridgehead atoms. The second-order valence-corrected chi connectivity index (χ2v) is 8.20. The van der Waals surface area contributed by atoms with Crippen LogP contribution in [0.15, 0.2) is 33.9 Å². The third-order valence-corrected chi connectivity index (χ3v) is 6.07. The molecule has 1 aromatic carbocycles. The summed E-state index contributed by atoms with van der Waals surface area (Å²) < 4.78 is 5.65. The first-order chi connectivity index (χ1) is 13.1. The summed E-state index contributed by atoms with van der Waals surface area (Å²) in [5.41, 5.74) is 1.38. The second-order valence-electron chi connectivity index (χ2n) is 7.27. The Morgan fingerprint density at radius 1 is 1.26 bits per heavy atom. The lowest BCUT2D eigenvalue weighted by atomic mass is 9.95. The average Bonchev–Trinajstić information content (AvgIpc) is 3.36. The Labute approximate surface area is 161 Å². The average molecular weight is 386 g/mol. The molecule has 1 heterocycles. The molecule has 3 atom stereocenters.